The number of benzene rings is 2. The molecule has 2 N–H and O–H groups in total. The molecule has 252 valence electrons. The van der Waals surface area contributed by atoms with Crippen LogP contribution in [0.2, 0.25) is 0 Å². The third-order valence-corrected chi connectivity index (χ3v) is 9.64. The zero-order chi connectivity index (χ0) is 33.9. The topological polar surface area (TPSA) is 114 Å². The zero-order valence-corrected chi connectivity index (χ0v) is 27.6. The Morgan fingerprint density at radius 3 is 2.53 bits per heavy atom. The number of pyridine rings is 2. The maximum absolute atomic E-state index is 14.5. The van der Waals surface area contributed by atoms with Crippen molar-refractivity contribution in [3.8, 4) is 16.8 Å². The molecule has 1 amide bonds. The zero-order valence-electron chi connectivity index (χ0n) is 27.6. The van der Waals surface area contributed by atoms with Gasteiger partial charge in [0.15, 0.2) is 5.65 Å². The lowest BCUT2D eigenvalue weighted by Crippen LogP contribution is -2.45. The Morgan fingerprint density at radius 1 is 0.939 bits per heavy atom. The molecule has 10 nitrogen and oxygen atoms in total. The average molecular weight is 662 g/mol. The third kappa shape index (κ3) is 7.09. The van der Waals surface area contributed by atoms with E-state index in [9.17, 15) is 18.8 Å². The van der Waals surface area contributed by atoms with E-state index in [2.05, 4.69) is 49.8 Å². The van der Waals surface area contributed by atoms with E-state index in [1.54, 1.807) is 18.2 Å². The van der Waals surface area contributed by atoms with Crippen molar-refractivity contribution in [2.45, 2.75) is 57.7 Å². The maximum atomic E-state index is 14.5. The molecular weight excluding hydrogens is 621 g/mol. The van der Waals surface area contributed by atoms with Crippen molar-refractivity contribution in [1.29, 1.82) is 0 Å². The van der Waals surface area contributed by atoms with E-state index < -0.39 is 23.1 Å². The number of fused-ring (bicyclic) bond motifs is 1. The van der Waals surface area contributed by atoms with E-state index >= 15 is 0 Å². The molecule has 7 rings (SSSR count). The molecule has 0 atom stereocenters. The third-order valence-electron chi connectivity index (χ3n) is 9.64. The van der Waals surface area contributed by atoms with Gasteiger partial charge in [0.25, 0.3) is 11.5 Å². The van der Waals surface area contributed by atoms with Gasteiger partial charge in [-0.25, -0.2) is 23.7 Å². The van der Waals surface area contributed by atoms with Crippen LogP contribution in [-0.2, 0) is 6.54 Å². The van der Waals surface area contributed by atoms with Crippen LogP contribution in [0.15, 0.2) is 88.6 Å². The molecule has 49 heavy (non-hydrogen) atoms. The van der Waals surface area contributed by atoms with Gasteiger partial charge in [-0.1, -0.05) is 42.5 Å². The number of hydrogen-bond acceptors (Lipinski definition) is 7. The summed E-state index contributed by atoms with van der Waals surface area (Å²) in [6.45, 7) is 6.88. The summed E-state index contributed by atoms with van der Waals surface area (Å²) in [6, 6.07) is 22.0. The number of aryl methyl sites for hydroxylation is 1. The van der Waals surface area contributed by atoms with Crippen LogP contribution in [-0.4, -0.2) is 62.1 Å². The molecule has 0 spiro atoms. The van der Waals surface area contributed by atoms with Gasteiger partial charge in [-0.15, -0.1) is 0 Å². The molecule has 2 fully saturated rings. The smallest absolute Gasteiger partial charge is 0.337 e. The molecule has 4 heterocycles. The van der Waals surface area contributed by atoms with Crippen molar-refractivity contribution in [3.05, 3.63) is 123 Å². The van der Waals surface area contributed by atoms with E-state index in [0.717, 1.165) is 68.2 Å². The van der Waals surface area contributed by atoms with Gasteiger partial charge in [0, 0.05) is 37.4 Å². The van der Waals surface area contributed by atoms with Crippen LogP contribution >= 0.6 is 0 Å². The molecule has 1 aliphatic heterocycles. The Bertz CT molecular complexity index is 2090. The van der Waals surface area contributed by atoms with Crippen molar-refractivity contribution in [1.82, 2.24) is 34.6 Å². The van der Waals surface area contributed by atoms with Gasteiger partial charge in [0.2, 0.25) is 0 Å². The largest absolute Gasteiger partial charge is 0.348 e. The van der Waals surface area contributed by atoms with Crippen molar-refractivity contribution < 1.29 is 9.18 Å². The van der Waals surface area contributed by atoms with Crippen LogP contribution in [0, 0.1) is 12.7 Å². The van der Waals surface area contributed by atoms with E-state index in [-0.39, 0.29) is 23.0 Å². The SMILES string of the molecule is Cc1cccc(C(=O)NC2CCC(n3c(=O)c4cc(F)cnc4n(-c4cccc(-c5ccc(CN6CCCNCC6)cc5)c4)c3=O)CC2)n1. The summed E-state index contributed by atoms with van der Waals surface area (Å²) in [5, 5.41) is 6.54. The van der Waals surface area contributed by atoms with Crippen LogP contribution in [0.4, 0.5) is 4.39 Å². The lowest BCUT2D eigenvalue weighted by molar-refractivity contribution is 0.0916. The normalized spacial score (nSPS) is 18.7. The summed E-state index contributed by atoms with van der Waals surface area (Å²) in [7, 11) is 0. The number of rotatable bonds is 7. The highest BCUT2D eigenvalue weighted by molar-refractivity contribution is 5.92. The summed E-state index contributed by atoms with van der Waals surface area (Å²) >= 11 is 0. The first-order valence-corrected chi connectivity index (χ1v) is 17.0. The molecule has 5 aromatic rings. The van der Waals surface area contributed by atoms with Crippen LogP contribution in [0.3, 0.4) is 0 Å². The standard InChI is InChI=1S/C38H40FN7O3/c1-25-5-2-8-34(42-25)36(47)43-30-13-15-31(16-14-30)46-37(48)33-22-29(39)23-41-35(33)45(38(46)49)32-7-3-6-28(21-32)27-11-9-26(10-12-27)24-44-19-4-17-40-18-20-44/h2-3,5-12,21-23,30-31,40H,4,13-20,24H2,1H3,(H,43,47). The Kier molecular flexibility index (Phi) is 9.45. The van der Waals surface area contributed by atoms with Gasteiger partial charge in [-0.3, -0.25) is 19.1 Å². The number of nitrogens with one attached hydrogen (secondary N) is 2. The summed E-state index contributed by atoms with van der Waals surface area (Å²) in [5.41, 5.74) is 3.81. The molecule has 1 aliphatic carbocycles. The quantitative estimate of drug-likeness (QED) is 0.259. The van der Waals surface area contributed by atoms with Crippen LogP contribution in [0.25, 0.3) is 27.8 Å². The summed E-state index contributed by atoms with van der Waals surface area (Å²) < 4.78 is 17.2. The molecule has 1 saturated carbocycles. The lowest BCUT2D eigenvalue weighted by atomic mass is 9.90. The van der Waals surface area contributed by atoms with Crippen LogP contribution in [0.1, 0.15) is 59.9 Å². The molecule has 2 aliphatic rings. The molecule has 11 heteroatoms. The highest BCUT2D eigenvalue weighted by Gasteiger charge is 2.28. The van der Waals surface area contributed by atoms with Crippen LogP contribution in [0.5, 0.6) is 0 Å². The minimum Gasteiger partial charge on any atom is -0.348 e. The van der Waals surface area contributed by atoms with Crippen LogP contribution < -0.4 is 21.9 Å². The van der Waals surface area contributed by atoms with E-state index in [0.29, 0.717) is 37.1 Å². The monoisotopic (exact) mass is 661 g/mol. The molecule has 3 aromatic heterocycles. The highest BCUT2D eigenvalue weighted by atomic mass is 19.1. The Balaban J connectivity index is 1.16. The summed E-state index contributed by atoms with van der Waals surface area (Å²) in [6.07, 6.45) is 4.31. The van der Waals surface area contributed by atoms with Crippen molar-refractivity contribution in [2.75, 3.05) is 26.2 Å². The van der Waals surface area contributed by atoms with Gasteiger partial charge in [-0.2, -0.15) is 0 Å². The van der Waals surface area contributed by atoms with Gasteiger partial charge in [0.05, 0.1) is 17.3 Å². The van der Waals surface area contributed by atoms with Gasteiger partial charge in [0.1, 0.15) is 11.5 Å². The fourth-order valence-corrected chi connectivity index (χ4v) is 7.09. The van der Waals surface area contributed by atoms with Crippen molar-refractivity contribution in [2.24, 2.45) is 0 Å². The second-order valence-corrected chi connectivity index (χ2v) is 13.1. The first-order chi connectivity index (χ1) is 23.8. The Morgan fingerprint density at radius 2 is 1.73 bits per heavy atom. The second-order valence-electron chi connectivity index (χ2n) is 13.1. The molecule has 0 unspecified atom stereocenters. The molecule has 0 bridgehead atoms. The summed E-state index contributed by atoms with van der Waals surface area (Å²) in [4.78, 5) is 51.9. The Hall–Kier alpha value is -5.00. The maximum Gasteiger partial charge on any atom is 0.337 e. The lowest BCUT2D eigenvalue weighted by Gasteiger charge is -2.30. The molecular formula is C38H40FN7O3. The molecule has 1 saturated heterocycles. The highest BCUT2D eigenvalue weighted by Crippen LogP contribution is 2.28. The number of halogens is 1. The number of aromatic nitrogens is 4. The van der Waals surface area contributed by atoms with Gasteiger partial charge < -0.3 is 10.6 Å². The minimum absolute atomic E-state index is 0.0408. The average Bonchev–Trinajstić information content (AvgIpc) is 3.38. The molecule has 2 aromatic carbocycles. The predicted molar refractivity (Wildman–Crippen MR) is 187 cm³/mol. The Labute approximate surface area is 283 Å². The first kappa shape index (κ1) is 32.5. The van der Waals surface area contributed by atoms with E-state index in [1.807, 2.05) is 31.2 Å². The fraction of sp³-hybridized carbons (Fsp3) is 0.342. The van der Waals surface area contributed by atoms with Crippen molar-refractivity contribution in [3.63, 3.8) is 0 Å². The second kappa shape index (κ2) is 14.2. The van der Waals surface area contributed by atoms with E-state index in [1.165, 1.54) is 14.7 Å². The molecule has 0 radical (unpaired) electrons. The minimum atomic E-state index is -0.650. The fourth-order valence-electron chi connectivity index (χ4n) is 7.09. The van der Waals surface area contributed by atoms with Gasteiger partial charge in [-0.05, 0) is 99.1 Å². The summed E-state index contributed by atoms with van der Waals surface area (Å²) in [5.74, 6) is -0.897. The predicted octanol–water partition coefficient (Wildman–Crippen LogP) is 4.77. The van der Waals surface area contributed by atoms with Crippen molar-refractivity contribution >= 4 is 16.9 Å². The number of carbonyl (C=O) groups excluding carboxylic acids is 1. The first-order valence-electron chi connectivity index (χ1n) is 17.0. The number of amides is 1. The number of hydrogen-bond donors (Lipinski definition) is 2. The number of carbonyl (C=O) groups is 1. The van der Waals surface area contributed by atoms with E-state index in [4.69, 9.17) is 0 Å². The van der Waals surface area contributed by atoms with Gasteiger partial charge >= 0.3 is 5.69 Å². The number of nitrogens with zero attached hydrogens (tertiary/aromatic N) is 5.